The summed E-state index contributed by atoms with van der Waals surface area (Å²) in [6.07, 6.45) is 0. The minimum atomic E-state index is -1.06. The van der Waals surface area contributed by atoms with Crippen LogP contribution in [-0.2, 0) is 11.3 Å². The number of halogens is 1. The van der Waals surface area contributed by atoms with E-state index in [1.807, 2.05) is 24.3 Å². The van der Waals surface area contributed by atoms with Gasteiger partial charge >= 0.3 is 5.97 Å². The molecule has 148 valence electrons. The van der Waals surface area contributed by atoms with Gasteiger partial charge in [-0.25, -0.2) is 4.79 Å². The first-order chi connectivity index (χ1) is 13.4. The second kappa shape index (κ2) is 8.95. The fourth-order valence-corrected chi connectivity index (χ4v) is 3.17. The molecule has 1 aliphatic rings. The topological polar surface area (TPSA) is 96.1 Å². The van der Waals surface area contributed by atoms with E-state index in [0.717, 1.165) is 24.7 Å². The average molecular weight is 404 g/mol. The number of benzene rings is 2. The number of ether oxygens (including phenoxy) is 1. The molecule has 1 saturated heterocycles. The summed E-state index contributed by atoms with van der Waals surface area (Å²) in [5.41, 5.74) is 7.26. The van der Waals surface area contributed by atoms with Gasteiger partial charge in [0.2, 0.25) is 0 Å². The predicted molar refractivity (Wildman–Crippen MR) is 107 cm³/mol. The number of nitrogen functional groups attached to an aromatic ring is 1. The summed E-state index contributed by atoms with van der Waals surface area (Å²) < 4.78 is 5.48. The zero-order valence-electron chi connectivity index (χ0n) is 15.3. The van der Waals surface area contributed by atoms with Gasteiger partial charge < -0.3 is 20.5 Å². The first kappa shape index (κ1) is 20.0. The van der Waals surface area contributed by atoms with Crippen molar-refractivity contribution < 1.29 is 19.4 Å². The molecule has 0 radical (unpaired) electrons. The van der Waals surface area contributed by atoms with Crippen LogP contribution < -0.4 is 10.5 Å². The predicted octanol–water partition coefficient (Wildman–Crippen LogP) is 2.34. The van der Waals surface area contributed by atoms with Crippen molar-refractivity contribution in [3.05, 3.63) is 58.6 Å². The molecule has 0 aromatic heterocycles. The molecule has 1 aliphatic heterocycles. The van der Waals surface area contributed by atoms with Crippen LogP contribution in [-0.4, -0.2) is 59.6 Å². The Hall–Kier alpha value is -2.77. The molecule has 2 aromatic carbocycles. The Morgan fingerprint density at radius 1 is 1.07 bits per heavy atom. The van der Waals surface area contributed by atoms with Crippen LogP contribution in [0.15, 0.2) is 42.5 Å². The van der Waals surface area contributed by atoms with Crippen LogP contribution in [0.3, 0.4) is 0 Å². The van der Waals surface area contributed by atoms with E-state index in [4.69, 9.17) is 27.2 Å². The van der Waals surface area contributed by atoms with Gasteiger partial charge in [0.05, 0.1) is 11.3 Å². The summed E-state index contributed by atoms with van der Waals surface area (Å²) in [6.45, 7) is 3.51. The number of carboxylic acid groups (broad SMARTS) is 1. The van der Waals surface area contributed by atoms with Gasteiger partial charge in [-0.15, -0.1) is 0 Å². The van der Waals surface area contributed by atoms with Gasteiger partial charge in [-0.2, -0.15) is 0 Å². The molecule has 2 aromatic rings. The Morgan fingerprint density at radius 3 is 2.36 bits per heavy atom. The van der Waals surface area contributed by atoms with Crippen molar-refractivity contribution >= 4 is 29.2 Å². The Balaban J connectivity index is 1.46. The largest absolute Gasteiger partial charge is 0.482 e. The Bertz CT molecular complexity index is 849. The Labute approximate surface area is 168 Å². The lowest BCUT2D eigenvalue weighted by Gasteiger charge is -2.34. The van der Waals surface area contributed by atoms with Crippen molar-refractivity contribution in [1.29, 1.82) is 0 Å². The number of carbonyl (C=O) groups is 2. The molecule has 8 heteroatoms. The Morgan fingerprint density at radius 2 is 1.75 bits per heavy atom. The highest BCUT2D eigenvalue weighted by molar-refractivity contribution is 6.30. The molecule has 28 heavy (non-hydrogen) atoms. The number of rotatable bonds is 6. The average Bonchev–Trinajstić information content (AvgIpc) is 2.69. The van der Waals surface area contributed by atoms with E-state index in [1.165, 1.54) is 23.8 Å². The third kappa shape index (κ3) is 5.15. The van der Waals surface area contributed by atoms with Gasteiger partial charge in [-0.3, -0.25) is 9.69 Å². The molecule has 0 aliphatic carbocycles. The fraction of sp³-hybridized carbons (Fsp3) is 0.300. The quantitative estimate of drug-likeness (QED) is 0.719. The van der Waals surface area contributed by atoms with Gasteiger partial charge in [0, 0.05) is 37.7 Å². The molecule has 0 unspecified atom stereocenters. The highest BCUT2D eigenvalue weighted by atomic mass is 35.5. The van der Waals surface area contributed by atoms with Gasteiger partial charge in [0.25, 0.3) is 5.91 Å². The summed E-state index contributed by atoms with van der Waals surface area (Å²) in [5.74, 6) is -0.877. The van der Waals surface area contributed by atoms with E-state index in [9.17, 15) is 9.59 Å². The Kier molecular flexibility index (Phi) is 6.38. The highest BCUT2D eigenvalue weighted by Gasteiger charge is 2.21. The first-order valence-corrected chi connectivity index (χ1v) is 9.30. The van der Waals surface area contributed by atoms with Gasteiger partial charge in [0.15, 0.2) is 6.61 Å². The van der Waals surface area contributed by atoms with E-state index in [-0.39, 0.29) is 23.8 Å². The van der Waals surface area contributed by atoms with Crippen molar-refractivity contribution in [1.82, 2.24) is 9.80 Å². The summed E-state index contributed by atoms with van der Waals surface area (Å²) in [6, 6.07) is 12.0. The third-order valence-corrected chi connectivity index (χ3v) is 4.90. The van der Waals surface area contributed by atoms with E-state index in [2.05, 4.69) is 4.90 Å². The number of hydrogen-bond acceptors (Lipinski definition) is 5. The number of hydrogen-bond donors (Lipinski definition) is 2. The molecule has 0 saturated carbocycles. The van der Waals surface area contributed by atoms with Crippen molar-refractivity contribution in [3.63, 3.8) is 0 Å². The molecule has 0 atom stereocenters. The molecular formula is C20H22ClN3O4. The molecular weight excluding hydrogens is 382 g/mol. The zero-order chi connectivity index (χ0) is 20.1. The molecule has 3 rings (SSSR count). The van der Waals surface area contributed by atoms with Gasteiger partial charge in [-0.05, 0) is 35.9 Å². The monoisotopic (exact) mass is 403 g/mol. The smallest absolute Gasteiger partial charge is 0.335 e. The third-order valence-electron chi connectivity index (χ3n) is 4.65. The second-order valence-corrected chi connectivity index (χ2v) is 7.07. The standard InChI is InChI=1S/C20H22ClN3O4/c21-16-4-1-14(2-5-16)12-23-7-9-24(10-8-23)19(25)13-28-18-6-3-15(20(26)27)11-17(18)22/h1-6,11H,7-10,12-13,22H2,(H,26,27). The lowest BCUT2D eigenvalue weighted by atomic mass is 10.2. The number of carbonyl (C=O) groups excluding carboxylic acids is 1. The van der Waals surface area contributed by atoms with Crippen LogP contribution in [0.2, 0.25) is 5.02 Å². The summed E-state index contributed by atoms with van der Waals surface area (Å²) >= 11 is 5.91. The maximum Gasteiger partial charge on any atom is 0.335 e. The van der Waals surface area contributed by atoms with Crippen molar-refractivity contribution in [2.45, 2.75) is 6.54 Å². The molecule has 1 heterocycles. The minimum absolute atomic E-state index is 0.0768. The number of nitrogens with two attached hydrogens (primary N) is 1. The van der Waals surface area contributed by atoms with Crippen molar-refractivity contribution in [3.8, 4) is 5.75 Å². The van der Waals surface area contributed by atoms with E-state index < -0.39 is 5.97 Å². The number of carboxylic acids is 1. The molecule has 3 N–H and O–H groups in total. The summed E-state index contributed by atoms with van der Waals surface area (Å²) in [5, 5.41) is 9.67. The SMILES string of the molecule is Nc1cc(C(=O)O)ccc1OCC(=O)N1CCN(Cc2ccc(Cl)cc2)CC1. The molecule has 0 spiro atoms. The van der Waals surface area contributed by atoms with E-state index >= 15 is 0 Å². The number of piperazine rings is 1. The van der Waals surface area contributed by atoms with E-state index in [0.29, 0.717) is 18.8 Å². The maximum absolute atomic E-state index is 12.4. The van der Waals surface area contributed by atoms with Crippen LogP contribution in [0.5, 0.6) is 5.75 Å². The lowest BCUT2D eigenvalue weighted by Crippen LogP contribution is -2.49. The second-order valence-electron chi connectivity index (χ2n) is 6.63. The lowest BCUT2D eigenvalue weighted by molar-refractivity contribution is -0.135. The molecule has 1 amide bonds. The van der Waals surface area contributed by atoms with Gasteiger partial charge in [0.1, 0.15) is 5.75 Å². The summed E-state index contributed by atoms with van der Waals surface area (Å²) in [4.78, 5) is 27.4. The number of amides is 1. The van der Waals surface area contributed by atoms with E-state index in [1.54, 1.807) is 4.90 Å². The summed E-state index contributed by atoms with van der Waals surface area (Å²) in [7, 11) is 0. The fourth-order valence-electron chi connectivity index (χ4n) is 3.05. The van der Waals surface area contributed by atoms with Crippen LogP contribution in [0.1, 0.15) is 15.9 Å². The maximum atomic E-state index is 12.4. The number of aromatic carboxylic acids is 1. The van der Waals surface area contributed by atoms with Crippen molar-refractivity contribution in [2.24, 2.45) is 0 Å². The number of anilines is 1. The van der Waals surface area contributed by atoms with Crippen LogP contribution >= 0.6 is 11.6 Å². The minimum Gasteiger partial charge on any atom is -0.482 e. The number of nitrogens with zero attached hydrogens (tertiary/aromatic N) is 2. The van der Waals surface area contributed by atoms with Crippen LogP contribution in [0, 0.1) is 0 Å². The zero-order valence-corrected chi connectivity index (χ0v) is 16.1. The van der Waals surface area contributed by atoms with Crippen LogP contribution in [0.25, 0.3) is 0 Å². The first-order valence-electron chi connectivity index (χ1n) is 8.92. The molecule has 0 bridgehead atoms. The van der Waals surface area contributed by atoms with Gasteiger partial charge in [-0.1, -0.05) is 23.7 Å². The molecule has 1 fully saturated rings. The highest BCUT2D eigenvalue weighted by Crippen LogP contribution is 2.22. The normalized spacial score (nSPS) is 14.7. The van der Waals surface area contributed by atoms with Crippen molar-refractivity contribution in [2.75, 3.05) is 38.5 Å². The van der Waals surface area contributed by atoms with Crippen LogP contribution in [0.4, 0.5) is 5.69 Å². The molecule has 7 nitrogen and oxygen atoms in total.